The maximum Gasteiger partial charge on any atom is 0.417 e. The molecule has 0 aromatic heterocycles. The first-order valence-corrected chi connectivity index (χ1v) is 15.7. The first-order valence-electron chi connectivity index (χ1n) is 15.7. The van der Waals surface area contributed by atoms with Crippen LogP contribution in [0.5, 0.6) is 0 Å². The highest BCUT2D eigenvalue weighted by atomic mass is 19.4. The van der Waals surface area contributed by atoms with Crippen LogP contribution in [0.2, 0.25) is 0 Å². The monoisotopic (exact) mass is 712 g/mol. The van der Waals surface area contributed by atoms with E-state index in [1.165, 1.54) is 24.3 Å². The number of hydrogen-bond donors (Lipinski definition) is 1. The quantitative estimate of drug-likeness (QED) is 0.237. The number of rotatable bonds is 8. The van der Waals surface area contributed by atoms with Crippen molar-refractivity contribution >= 4 is 23.3 Å². The predicted octanol–water partition coefficient (Wildman–Crippen LogP) is 6.55. The van der Waals surface area contributed by atoms with Crippen molar-refractivity contribution in [1.29, 1.82) is 10.5 Å². The fourth-order valence-electron chi connectivity index (χ4n) is 5.43. The van der Waals surface area contributed by atoms with Crippen molar-refractivity contribution in [3.05, 3.63) is 58.7 Å². The molecule has 0 unspecified atom stereocenters. The van der Waals surface area contributed by atoms with Gasteiger partial charge in [0.2, 0.25) is 0 Å². The largest absolute Gasteiger partial charge is 0.480 e. The minimum atomic E-state index is -4.58. The Morgan fingerprint density at radius 1 is 0.740 bits per heavy atom. The molecule has 0 spiro atoms. The number of esters is 1. The van der Waals surface area contributed by atoms with Gasteiger partial charge >= 0.3 is 24.3 Å². The summed E-state index contributed by atoms with van der Waals surface area (Å²) >= 11 is 0. The van der Waals surface area contributed by atoms with E-state index in [-0.39, 0.29) is 31.0 Å². The van der Waals surface area contributed by atoms with Crippen LogP contribution < -0.4 is 9.80 Å². The molecule has 2 heterocycles. The zero-order chi connectivity index (χ0) is 37.3. The van der Waals surface area contributed by atoms with Gasteiger partial charge in [-0.05, 0) is 82.9 Å². The van der Waals surface area contributed by atoms with E-state index < -0.39 is 46.6 Å². The molecule has 0 bridgehead atoms. The number of anilines is 2. The van der Waals surface area contributed by atoms with E-state index in [1.54, 1.807) is 37.8 Å². The number of carbonyl (C=O) groups excluding carboxylic acids is 1. The molecule has 2 aliphatic rings. The average molecular weight is 713 g/mol. The summed E-state index contributed by atoms with van der Waals surface area (Å²) in [6.07, 6.45) is -7.26. The van der Waals surface area contributed by atoms with Gasteiger partial charge in [-0.1, -0.05) is 0 Å². The highest BCUT2D eigenvalue weighted by molar-refractivity contribution is 5.71. The van der Waals surface area contributed by atoms with Crippen molar-refractivity contribution in [1.82, 2.24) is 0 Å². The van der Waals surface area contributed by atoms with Crippen LogP contribution in [0.3, 0.4) is 0 Å². The number of ether oxygens (including phenoxy) is 3. The van der Waals surface area contributed by atoms with Crippen LogP contribution in [0.15, 0.2) is 36.4 Å². The molecule has 0 atom stereocenters. The Kier molecular flexibility index (Phi) is 13.5. The third-order valence-electron chi connectivity index (χ3n) is 7.77. The Morgan fingerprint density at radius 3 is 1.44 bits per heavy atom. The number of carboxylic acid groups (broad SMARTS) is 1. The maximum atomic E-state index is 13.1. The minimum Gasteiger partial charge on any atom is -0.480 e. The summed E-state index contributed by atoms with van der Waals surface area (Å²) in [6.45, 7) is 6.74. The van der Waals surface area contributed by atoms with E-state index in [2.05, 4.69) is 0 Å². The van der Waals surface area contributed by atoms with Crippen LogP contribution in [0.25, 0.3) is 0 Å². The fourth-order valence-corrected chi connectivity index (χ4v) is 5.43. The molecular formula is C34H38F6N4O6. The lowest BCUT2D eigenvalue weighted by molar-refractivity contribution is -0.162. The lowest BCUT2D eigenvalue weighted by atomic mass is 10.0. The van der Waals surface area contributed by atoms with Crippen LogP contribution in [0, 0.1) is 22.7 Å². The molecule has 0 amide bonds. The molecule has 2 aromatic rings. The first-order chi connectivity index (χ1) is 23.3. The number of carbonyl (C=O) groups is 2. The van der Waals surface area contributed by atoms with Gasteiger partial charge in [-0.2, -0.15) is 36.9 Å². The molecule has 0 radical (unpaired) electrons. The smallest absolute Gasteiger partial charge is 0.417 e. The SMILES string of the molecule is CC(C)(C)OC(=O)COC1CCN(c2ccc(C#N)c(C(F)(F)F)c2)CC1.N#Cc1ccc(N2CCC(OCC(=O)O)CC2)cc1C(F)(F)F. The zero-order valence-electron chi connectivity index (χ0n) is 27.7. The highest BCUT2D eigenvalue weighted by Crippen LogP contribution is 2.36. The van der Waals surface area contributed by atoms with Crippen molar-refractivity contribution in [2.75, 3.05) is 49.2 Å². The van der Waals surface area contributed by atoms with Gasteiger partial charge in [0, 0.05) is 37.6 Å². The van der Waals surface area contributed by atoms with E-state index in [1.807, 2.05) is 4.90 Å². The maximum absolute atomic E-state index is 13.1. The molecular weight excluding hydrogens is 674 g/mol. The molecule has 0 saturated carbocycles. The van der Waals surface area contributed by atoms with Crippen molar-refractivity contribution in [2.45, 2.75) is 76.6 Å². The van der Waals surface area contributed by atoms with Crippen LogP contribution >= 0.6 is 0 Å². The normalized spacial score (nSPS) is 16.1. The third kappa shape index (κ3) is 12.1. The summed E-state index contributed by atoms with van der Waals surface area (Å²) < 4.78 is 94.2. The zero-order valence-corrected chi connectivity index (χ0v) is 27.7. The number of alkyl halides is 6. The van der Waals surface area contributed by atoms with E-state index in [0.29, 0.717) is 63.2 Å². The Morgan fingerprint density at radius 2 is 1.12 bits per heavy atom. The summed E-state index contributed by atoms with van der Waals surface area (Å²) in [6, 6.07) is 10.5. The Labute approximate surface area is 285 Å². The number of halogens is 6. The Balaban J connectivity index is 0.000000274. The Bertz CT molecular complexity index is 1560. The number of carboxylic acids is 1. The third-order valence-corrected chi connectivity index (χ3v) is 7.77. The van der Waals surface area contributed by atoms with E-state index in [9.17, 15) is 35.9 Å². The van der Waals surface area contributed by atoms with Crippen molar-refractivity contribution in [2.24, 2.45) is 0 Å². The second-order valence-corrected chi connectivity index (χ2v) is 12.7. The minimum absolute atomic E-state index is 0.142. The van der Waals surface area contributed by atoms with Gasteiger partial charge in [-0.3, -0.25) is 0 Å². The molecule has 16 heteroatoms. The first kappa shape index (κ1) is 39.9. The van der Waals surface area contributed by atoms with Gasteiger partial charge in [0.15, 0.2) is 0 Å². The molecule has 4 rings (SSSR count). The Hall–Kier alpha value is -4.54. The molecule has 50 heavy (non-hydrogen) atoms. The number of aliphatic carboxylic acids is 1. The van der Waals surface area contributed by atoms with Crippen LogP contribution in [-0.2, 0) is 36.2 Å². The van der Waals surface area contributed by atoms with Crippen molar-refractivity contribution in [3.8, 4) is 12.1 Å². The summed E-state index contributed by atoms with van der Waals surface area (Å²) in [4.78, 5) is 25.7. The summed E-state index contributed by atoms with van der Waals surface area (Å²) in [5.41, 5.74) is -2.41. The molecule has 2 saturated heterocycles. The number of hydrogen-bond acceptors (Lipinski definition) is 9. The second kappa shape index (κ2) is 16.9. The van der Waals surface area contributed by atoms with Gasteiger partial charge in [-0.25, -0.2) is 9.59 Å². The lowest BCUT2D eigenvalue weighted by Gasteiger charge is -2.34. The van der Waals surface area contributed by atoms with Crippen LogP contribution in [0.1, 0.15) is 68.7 Å². The predicted molar refractivity (Wildman–Crippen MR) is 168 cm³/mol. The second-order valence-electron chi connectivity index (χ2n) is 12.7. The number of piperidine rings is 2. The number of nitriles is 2. The topological polar surface area (TPSA) is 136 Å². The standard InChI is InChI=1S/C19H23F3N2O3.C15H15F3N2O3/c1-18(2,3)27-17(25)12-26-15-6-8-24(9-7-15)14-5-4-13(11-23)16(10-14)19(20,21)22;16-15(17,18)13-7-11(2-1-10(13)8-19)20-5-3-12(4-6-20)23-9-14(21)22/h4-5,10,15H,6-9,12H2,1-3H3;1-2,7,12H,3-6,9H2,(H,21,22). The molecule has 1 N–H and O–H groups in total. The molecule has 0 aliphatic carbocycles. The van der Waals surface area contributed by atoms with Crippen LogP contribution in [0.4, 0.5) is 37.7 Å². The lowest BCUT2D eigenvalue weighted by Crippen LogP contribution is -2.38. The summed E-state index contributed by atoms with van der Waals surface area (Å²) in [5.74, 6) is -1.49. The highest BCUT2D eigenvalue weighted by Gasteiger charge is 2.36. The summed E-state index contributed by atoms with van der Waals surface area (Å²) in [5, 5.41) is 26.2. The van der Waals surface area contributed by atoms with E-state index in [0.717, 1.165) is 12.1 Å². The van der Waals surface area contributed by atoms with Gasteiger partial charge in [-0.15, -0.1) is 0 Å². The molecule has 272 valence electrons. The van der Waals surface area contributed by atoms with Crippen molar-refractivity contribution in [3.63, 3.8) is 0 Å². The molecule has 2 aliphatic heterocycles. The summed E-state index contributed by atoms with van der Waals surface area (Å²) in [7, 11) is 0. The van der Waals surface area contributed by atoms with Gasteiger partial charge in [0.05, 0.1) is 46.6 Å². The van der Waals surface area contributed by atoms with Crippen LogP contribution in [-0.4, -0.2) is 74.2 Å². The average Bonchev–Trinajstić information content (AvgIpc) is 3.05. The van der Waals surface area contributed by atoms with Gasteiger partial charge in [0.25, 0.3) is 0 Å². The number of nitrogens with zero attached hydrogens (tertiary/aromatic N) is 4. The van der Waals surface area contributed by atoms with E-state index >= 15 is 0 Å². The van der Waals surface area contributed by atoms with E-state index in [4.69, 9.17) is 29.8 Å². The fraction of sp³-hybridized carbons (Fsp3) is 0.529. The number of benzene rings is 2. The molecule has 10 nitrogen and oxygen atoms in total. The molecule has 2 aromatic carbocycles. The van der Waals surface area contributed by atoms with Gasteiger partial charge in [0.1, 0.15) is 18.8 Å². The van der Waals surface area contributed by atoms with Crippen molar-refractivity contribution < 1.29 is 55.2 Å². The van der Waals surface area contributed by atoms with Gasteiger partial charge < -0.3 is 29.1 Å². The molecule has 2 fully saturated rings.